The first kappa shape index (κ1) is 15.0. The molecule has 4 nitrogen and oxygen atoms in total. The van der Waals surface area contributed by atoms with Crippen LogP contribution in [0.2, 0.25) is 0 Å². The number of aliphatic hydroxyl groups is 1. The quantitative estimate of drug-likeness (QED) is 0.724. The van der Waals surface area contributed by atoms with Gasteiger partial charge in [-0.25, -0.2) is 0 Å². The van der Waals surface area contributed by atoms with E-state index in [1.807, 2.05) is 38.1 Å². The maximum atomic E-state index is 9.63. The largest absolute Gasteiger partial charge is 0.488 e. The lowest BCUT2D eigenvalue weighted by Gasteiger charge is -2.19. The summed E-state index contributed by atoms with van der Waals surface area (Å²) in [4.78, 5) is 0. The Labute approximate surface area is 108 Å². The molecule has 0 aliphatic rings. The number of hydrogen-bond acceptors (Lipinski definition) is 4. The predicted octanol–water partition coefficient (Wildman–Crippen LogP) is 2.52. The van der Waals surface area contributed by atoms with E-state index in [9.17, 15) is 5.11 Å². The Hall–Kier alpha value is -1.10. The number of benzene rings is 1. The van der Waals surface area contributed by atoms with E-state index in [4.69, 9.17) is 14.2 Å². The zero-order valence-corrected chi connectivity index (χ0v) is 11.3. The van der Waals surface area contributed by atoms with E-state index in [2.05, 4.69) is 0 Å². The summed E-state index contributed by atoms with van der Waals surface area (Å²) in [7, 11) is 0. The molecule has 0 amide bonds. The third-order valence-electron chi connectivity index (χ3n) is 2.45. The molecule has 1 rings (SSSR count). The van der Waals surface area contributed by atoms with Crippen LogP contribution in [0.1, 0.15) is 32.4 Å². The van der Waals surface area contributed by atoms with Crippen LogP contribution in [-0.2, 0) is 9.47 Å². The summed E-state index contributed by atoms with van der Waals surface area (Å²) >= 11 is 0. The molecule has 1 N–H and O–H groups in total. The predicted molar refractivity (Wildman–Crippen MR) is 69.6 cm³/mol. The van der Waals surface area contributed by atoms with Gasteiger partial charge < -0.3 is 19.3 Å². The minimum Gasteiger partial charge on any atom is -0.488 e. The number of rotatable bonds is 8. The number of aliphatic hydroxyl groups excluding tert-OH is 1. The minimum absolute atomic E-state index is 0.311. The highest BCUT2D eigenvalue weighted by molar-refractivity contribution is 5.34. The number of ether oxygens (including phenoxy) is 3. The summed E-state index contributed by atoms with van der Waals surface area (Å²) in [6.45, 7) is 7.00. The molecule has 1 atom stereocenters. The van der Waals surface area contributed by atoms with Gasteiger partial charge in [0.05, 0.1) is 6.10 Å². The molecule has 1 unspecified atom stereocenters. The van der Waals surface area contributed by atoms with Crippen LogP contribution in [-0.4, -0.2) is 31.2 Å². The van der Waals surface area contributed by atoms with Crippen molar-refractivity contribution in [2.75, 3.05) is 19.8 Å². The smallest absolute Gasteiger partial charge is 0.191 e. The van der Waals surface area contributed by atoms with Gasteiger partial charge in [0.15, 0.2) is 6.29 Å². The van der Waals surface area contributed by atoms with Crippen LogP contribution >= 0.6 is 0 Å². The Bertz CT molecular complexity index is 332. The first-order valence-electron chi connectivity index (χ1n) is 6.32. The minimum atomic E-state index is -0.557. The second-order valence-corrected chi connectivity index (χ2v) is 3.87. The maximum Gasteiger partial charge on any atom is 0.191 e. The van der Waals surface area contributed by atoms with E-state index in [0.29, 0.717) is 25.6 Å². The van der Waals surface area contributed by atoms with Gasteiger partial charge in [-0.15, -0.1) is 0 Å². The van der Waals surface area contributed by atoms with Gasteiger partial charge >= 0.3 is 0 Å². The Kier molecular flexibility index (Phi) is 6.72. The fourth-order valence-electron chi connectivity index (χ4n) is 1.63. The molecular formula is C14H22O4. The monoisotopic (exact) mass is 254 g/mol. The Morgan fingerprint density at radius 2 is 1.72 bits per heavy atom. The molecule has 0 spiro atoms. The average molecular weight is 254 g/mol. The Morgan fingerprint density at radius 3 is 2.28 bits per heavy atom. The van der Waals surface area contributed by atoms with Crippen molar-refractivity contribution in [1.82, 2.24) is 0 Å². The topological polar surface area (TPSA) is 47.9 Å². The van der Waals surface area contributed by atoms with Gasteiger partial charge in [0, 0.05) is 18.8 Å². The normalized spacial score (nSPS) is 12.7. The van der Waals surface area contributed by atoms with Crippen molar-refractivity contribution in [1.29, 1.82) is 0 Å². The van der Waals surface area contributed by atoms with E-state index >= 15 is 0 Å². The van der Waals surface area contributed by atoms with E-state index in [0.717, 1.165) is 5.56 Å². The van der Waals surface area contributed by atoms with Gasteiger partial charge in [0.25, 0.3) is 0 Å². The molecule has 0 aliphatic carbocycles. The SMILES string of the molecule is CCOC(COc1ccccc1C(C)O)OCC. The molecule has 102 valence electrons. The maximum absolute atomic E-state index is 9.63. The van der Waals surface area contributed by atoms with Crippen LogP contribution < -0.4 is 4.74 Å². The molecule has 4 heteroatoms. The molecule has 0 bridgehead atoms. The van der Waals surface area contributed by atoms with E-state index in [1.165, 1.54) is 0 Å². The fourth-order valence-corrected chi connectivity index (χ4v) is 1.63. The van der Waals surface area contributed by atoms with Crippen LogP contribution in [0.25, 0.3) is 0 Å². The molecule has 0 aromatic heterocycles. The second-order valence-electron chi connectivity index (χ2n) is 3.87. The Morgan fingerprint density at radius 1 is 1.11 bits per heavy atom. The number of para-hydroxylation sites is 1. The molecule has 0 saturated heterocycles. The van der Waals surface area contributed by atoms with Crippen LogP contribution in [0.3, 0.4) is 0 Å². The summed E-state index contributed by atoms with van der Waals surface area (Å²) in [5.41, 5.74) is 0.768. The molecule has 0 aliphatic heterocycles. The zero-order valence-electron chi connectivity index (χ0n) is 11.3. The lowest BCUT2D eigenvalue weighted by molar-refractivity contribution is -0.152. The van der Waals surface area contributed by atoms with Crippen molar-refractivity contribution in [3.8, 4) is 5.75 Å². The Balaban J connectivity index is 2.61. The summed E-state index contributed by atoms with van der Waals surface area (Å²) < 4.78 is 16.4. The molecular weight excluding hydrogens is 232 g/mol. The average Bonchev–Trinajstić information content (AvgIpc) is 2.36. The lowest BCUT2D eigenvalue weighted by atomic mass is 10.1. The zero-order chi connectivity index (χ0) is 13.4. The highest BCUT2D eigenvalue weighted by atomic mass is 16.7. The van der Waals surface area contributed by atoms with Gasteiger partial charge in [-0.2, -0.15) is 0 Å². The van der Waals surface area contributed by atoms with Gasteiger partial charge in [0.2, 0.25) is 0 Å². The van der Waals surface area contributed by atoms with Gasteiger partial charge in [-0.05, 0) is 26.8 Å². The summed E-state index contributed by atoms with van der Waals surface area (Å²) in [5.74, 6) is 0.664. The first-order valence-corrected chi connectivity index (χ1v) is 6.32. The molecule has 0 fully saturated rings. The summed E-state index contributed by atoms with van der Waals surface area (Å²) in [6.07, 6.45) is -0.930. The highest BCUT2D eigenvalue weighted by Gasteiger charge is 2.12. The van der Waals surface area contributed by atoms with Crippen molar-refractivity contribution in [2.24, 2.45) is 0 Å². The third kappa shape index (κ3) is 4.64. The van der Waals surface area contributed by atoms with E-state index in [-0.39, 0.29) is 6.29 Å². The van der Waals surface area contributed by atoms with Crippen molar-refractivity contribution in [3.05, 3.63) is 29.8 Å². The van der Waals surface area contributed by atoms with Crippen molar-refractivity contribution in [2.45, 2.75) is 33.2 Å². The molecule has 18 heavy (non-hydrogen) atoms. The standard InChI is InChI=1S/C14H22O4/c1-4-16-14(17-5-2)10-18-13-9-7-6-8-12(13)11(3)15/h6-9,11,14-15H,4-5,10H2,1-3H3. The van der Waals surface area contributed by atoms with E-state index in [1.54, 1.807) is 6.92 Å². The lowest BCUT2D eigenvalue weighted by Crippen LogP contribution is -2.25. The molecule has 0 saturated carbocycles. The second kappa shape index (κ2) is 8.08. The van der Waals surface area contributed by atoms with Crippen LogP contribution in [0, 0.1) is 0 Å². The van der Waals surface area contributed by atoms with Crippen LogP contribution in [0.5, 0.6) is 5.75 Å². The van der Waals surface area contributed by atoms with Crippen LogP contribution in [0.15, 0.2) is 24.3 Å². The number of hydrogen-bond donors (Lipinski definition) is 1. The first-order chi connectivity index (χ1) is 8.69. The van der Waals surface area contributed by atoms with Gasteiger partial charge in [0.1, 0.15) is 12.4 Å². The molecule has 0 radical (unpaired) electrons. The van der Waals surface area contributed by atoms with Crippen molar-refractivity contribution >= 4 is 0 Å². The van der Waals surface area contributed by atoms with Gasteiger partial charge in [-0.3, -0.25) is 0 Å². The molecule has 0 heterocycles. The molecule has 1 aromatic rings. The molecule has 1 aromatic carbocycles. The van der Waals surface area contributed by atoms with Crippen molar-refractivity contribution < 1.29 is 19.3 Å². The summed E-state index contributed by atoms with van der Waals surface area (Å²) in [6, 6.07) is 7.42. The van der Waals surface area contributed by atoms with E-state index < -0.39 is 6.10 Å². The van der Waals surface area contributed by atoms with Crippen LogP contribution in [0.4, 0.5) is 0 Å². The van der Waals surface area contributed by atoms with Crippen molar-refractivity contribution in [3.63, 3.8) is 0 Å². The fraction of sp³-hybridized carbons (Fsp3) is 0.571. The summed E-state index contributed by atoms with van der Waals surface area (Å²) in [5, 5.41) is 9.63. The van der Waals surface area contributed by atoms with Gasteiger partial charge in [-0.1, -0.05) is 18.2 Å². The third-order valence-corrected chi connectivity index (χ3v) is 2.45. The highest BCUT2D eigenvalue weighted by Crippen LogP contribution is 2.24.